The average Bonchev–Trinajstić information content (AvgIpc) is 2.57. The molecule has 0 bridgehead atoms. The van der Waals surface area contributed by atoms with Gasteiger partial charge in [-0.05, 0) is 50.4 Å². The molecule has 2 heterocycles. The second kappa shape index (κ2) is 7.68. The molecule has 118 valence electrons. The van der Waals surface area contributed by atoms with E-state index in [-0.39, 0.29) is 0 Å². The Kier molecular flexibility index (Phi) is 5.38. The molecule has 0 radical (unpaired) electrons. The van der Waals surface area contributed by atoms with Crippen molar-refractivity contribution in [1.82, 2.24) is 15.4 Å². The minimum atomic E-state index is 0.616. The molecule has 1 aromatic carbocycles. The van der Waals surface area contributed by atoms with Crippen LogP contribution in [0.25, 0.3) is 10.9 Å². The number of piperidine rings is 1. The van der Waals surface area contributed by atoms with Gasteiger partial charge in [-0.15, -0.1) is 0 Å². The summed E-state index contributed by atoms with van der Waals surface area (Å²) in [6.45, 7) is 5.90. The third kappa shape index (κ3) is 3.83. The summed E-state index contributed by atoms with van der Waals surface area (Å²) in [5, 5.41) is 7.06. The quantitative estimate of drug-likeness (QED) is 0.890. The van der Waals surface area contributed by atoms with Crippen LogP contribution < -0.4 is 5.32 Å². The van der Waals surface area contributed by atoms with Crippen molar-refractivity contribution in [2.75, 3.05) is 26.2 Å². The summed E-state index contributed by atoms with van der Waals surface area (Å²) in [6.07, 6.45) is 5.29. The third-order valence-electron chi connectivity index (χ3n) is 4.33. The van der Waals surface area contributed by atoms with Gasteiger partial charge in [0.2, 0.25) is 0 Å². The molecule has 0 unspecified atom stereocenters. The van der Waals surface area contributed by atoms with E-state index in [0.717, 1.165) is 51.0 Å². The first-order chi connectivity index (χ1) is 10.9. The predicted octanol–water partition coefficient (Wildman–Crippen LogP) is 2.78. The Bertz CT molecular complexity index is 588. The Hall–Kier alpha value is -1.49. The summed E-state index contributed by atoms with van der Waals surface area (Å²) in [6, 6.07) is 11.1. The molecule has 3 rings (SSSR count). The van der Waals surface area contributed by atoms with Crippen molar-refractivity contribution in [2.45, 2.75) is 32.2 Å². The summed E-state index contributed by atoms with van der Waals surface area (Å²) in [5.74, 6) is 0. The number of nitrogens with one attached hydrogen (secondary N) is 1. The normalized spacial score (nSPS) is 17.1. The molecule has 0 amide bonds. The summed E-state index contributed by atoms with van der Waals surface area (Å²) in [5.41, 5.74) is 2.47. The van der Waals surface area contributed by atoms with Crippen LogP contribution in [0.1, 0.15) is 25.3 Å². The van der Waals surface area contributed by atoms with Gasteiger partial charge in [-0.3, -0.25) is 9.82 Å². The van der Waals surface area contributed by atoms with Crippen molar-refractivity contribution in [3.05, 3.63) is 42.1 Å². The highest BCUT2D eigenvalue weighted by Gasteiger charge is 2.18. The number of pyridine rings is 1. The maximum absolute atomic E-state index is 5.55. The smallest absolute Gasteiger partial charge is 0.0704 e. The molecule has 0 saturated carbocycles. The van der Waals surface area contributed by atoms with Gasteiger partial charge in [0.05, 0.1) is 12.1 Å². The van der Waals surface area contributed by atoms with E-state index in [1.54, 1.807) is 0 Å². The fraction of sp³-hybridized carbons (Fsp3) is 0.500. The largest absolute Gasteiger partial charge is 0.314 e. The zero-order chi connectivity index (χ0) is 15.2. The van der Waals surface area contributed by atoms with Gasteiger partial charge in [-0.2, -0.15) is 5.06 Å². The van der Waals surface area contributed by atoms with E-state index in [9.17, 15) is 0 Å². The lowest BCUT2D eigenvalue weighted by Crippen LogP contribution is -2.42. The van der Waals surface area contributed by atoms with Gasteiger partial charge in [0.1, 0.15) is 0 Å². The van der Waals surface area contributed by atoms with E-state index < -0.39 is 0 Å². The van der Waals surface area contributed by atoms with E-state index in [0.29, 0.717) is 6.04 Å². The Morgan fingerprint density at radius 3 is 2.86 bits per heavy atom. The van der Waals surface area contributed by atoms with Crippen molar-refractivity contribution < 1.29 is 4.84 Å². The first kappa shape index (κ1) is 15.4. The number of hydrogen-bond donors (Lipinski definition) is 1. The van der Waals surface area contributed by atoms with Crippen LogP contribution in [0.15, 0.2) is 36.5 Å². The Balaban J connectivity index is 1.49. The Labute approximate surface area is 132 Å². The number of rotatable bonds is 6. The molecule has 1 aliphatic heterocycles. The van der Waals surface area contributed by atoms with Gasteiger partial charge in [-0.1, -0.05) is 18.2 Å². The van der Waals surface area contributed by atoms with Gasteiger partial charge < -0.3 is 5.32 Å². The lowest BCUT2D eigenvalue weighted by Gasteiger charge is -2.31. The van der Waals surface area contributed by atoms with Gasteiger partial charge in [0.25, 0.3) is 0 Å². The molecule has 2 aromatic rings. The van der Waals surface area contributed by atoms with E-state index in [1.165, 1.54) is 10.9 Å². The van der Waals surface area contributed by atoms with Gasteiger partial charge in [-0.25, -0.2) is 0 Å². The zero-order valence-corrected chi connectivity index (χ0v) is 13.3. The van der Waals surface area contributed by atoms with E-state index in [4.69, 9.17) is 4.84 Å². The summed E-state index contributed by atoms with van der Waals surface area (Å²) in [4.78, 5) is 9.98. The monoisotopic (exact) mass is 299 g/mol. The van der Waals surface area contributed by atoms with Crippen LogP contribution >= 0.6 is 0 Å². The summed E-state index contributed by atoms with van der Waals surface area (Å²) in [7, 11) is 0. The Morgan fingerprint density at radius 2 is 2.05 bits per heavy atom. The molecule has 1 fully saturated rings. The fourth-order valence-electron chi connectivity index (χ4n) is 3.16. The standard InChI is InChI=1S/C18H25N3O/c1-2-22-21-13-9-16(10-14-21)19-11-7-15-8-12-20-18-6-4-3-5-17(15)18/h3-6,8,12,16,19H,2,7,9-11,13-14H2,1H3. The first-order valence-corrected chi connectivity index (χ1v) is 8.30. The molecule has 1 aromatic heterocycles. The summed E-state index contributed by atoms with van der Waals surface area (Å²) < 4.78 is 0. The van der Waals surface area contributed by atoms with Crippen molar-refractivity contribution in [1.29, 1.82) is 0 Å². The number of aromatic nitrogens is 1. The van der Waals surface area contributed by atoms with Crippen molar-refractivity contribution in [3.8, 4) is 0 Å². The van der Waals surface area contributed by atoms with Crippen LogP contribution in [0.2, 0.25) is 0 Å². The Morgan fingerprint density at radius 1 is 1.23 bits per heavy atom. The van der Waals surface area contributed by atoms with Crippen LogP contribution in [-0.4, -0.2) is 42.3 Å². The zero-order valence-electron chi connectivity index (χ0n) is 13.3. The highest BCUT2D eigenvalue weighted by atomic mass is 16.7. The van der Waals surface area contributed by atoms with Crippen LogP contribution in [0, 0.1) is 0 Å². The van der Waals surface area contributed by atoms with Crippen LogP contribution in [-0.2, 0) is 11.3 Å². The van der Waals surface area contributed by atoms with Crippen LogP contribution in [0.3, 0.4) is 0 Å². The predicted molar refractivity (Wildman–Crippen MR) is 89.7 cm³/mol. The van der Waals surface area contributed by atoms with Gasteiger partial charge in [0.15, 0.2) is 0 Å². The first-order valence-electron chi connectivity index (χ1n) is 8.30. The number of para-hydroxylation sites is 1. The lowest BCUT2D eigenvalue weighted by atomic mass is 10.0. The molecule has 0 aliphatic carbocycles. The number of fused-ring (bicyclic) bond motifs is 1. The number of benzene rings is 1. The van der Waals surface area contributed by atoms with Gasteiger partial charge in [0, 0.05) is 30.7 Å². The minimum absolute atomic E-state index is 0.616. The van der Waals surface area contributed by atoms with Crippen molar-refractivity contribution >= 4 is 10.9 Å². The molecule has 22 heavy (non-hydrogen) atoms. The molecule has 0 spiro atoms. The summed E-state index contributed by atoms with van der Waals surface area (Å²) >= 11 is 0. The van der Waals surface area contributed by atoms with Crippen LogP contribution in [0.4, 0.5) is 0 Å². The van der Waals surface area contributed by atoms with E-state index >= 15 is 0 Å². The second-order valence-electron chi connectivity index (χ2n) is 5.81. The maximum atomic E-state index is 5.55. The van der Waals surface area contributed by atoms with Crippen molar-refractivity contribution in [3.63, 3.8) is 0 Å². The second-order valence-corrected chi connectivity index (χ2v) is 5.81. The molecule has 0 atom stereocenters. The van der Waals surface area contributed by atoms with Crippen molar-refractivity contribution in [2.24, 2.45) is 0 Å². The highest BCUT2D eigenvalue weighted by Crippen LogP contribution is 2.16. The van der Waals surface area contributed by atoms with Gasteiger partial charge >= 0.3 is 0 Å². The molecular weight excluding hydrogens is 274 g/mol. The molecule has 4 heteroatoms. The van der Waals surface area contributed by atoms with E-state index in [2.05, 4.69) is 39.6 Å². The number of hydroxylamine groups is 2. The molecule has 1 aliphatic rings. The number of nitrogens with zero attached hydrogens (tertiary/aromatic N) is 2. The van der Waals surface area contributed by atoms with E-state index in [1.807, 2.05) is 19.2 Å². The van der Waals surface area contributed by atoms with Crippen LogP contribution in [0.5, 0.6) is 0 Å². The molecule has 1 saturated heterocycles. The SMILES string of the molecule is CCON1CCC(NCCc2ccnc3ccccc23)CC1. The molecule has 1 N–H and O–H groups in total. The lowest BCUT2D eigenvalue weighted by molar-refractivity contribution is -0.166. The highest BCUT2D eigenvalue weighted by molar-refractivity contribution is 5.81. The maximum Gasteiger partial charge on any atom is 0.0704 e. The topological polar surface area (TPSA) is 37.4 Å². The average molecular weight is 299 g/mol. The molecular formula is C18H25N3O. The minimum Gasteiger partial charge on any atom is -0.314 e. The fourth-order valence-corrected chi connectivity index (χ4v) is 3.16. The third-order valence-corrected chi connectivity index (χ3v) is 4.33. The number of hydrogen-bond acceptors (Lipinski definition) is 4. The molecule has 4 nitrogen and oxygen atoms in total.